The first-order valence-corrected chi connectivity index (χ1v) is 10.0. The van der Waals surface area contributed by atoms with Gasteiger partial charge in [-0.15, -0.1) is 0 Å². The maximum absolute atomic E-state index is 13.0. The van der Waals surface area contributed by atoms with E-state index < -0.39 is 0 Å². The van der Waals surface area contributed by atoms with Gasteiger partial charge in [-0.05, 0) is 53.9 Å². The number of anilines is 1. The molecule has 0 bridgehead atoms. The van der Waals surface area contributed by atoms with E-state index in [2.05, 4.69) is 5.32 Å². The van der Waals surface area contributed by atoms with Gasteiger partial charge in [-0.3, -0.25) is 9.59 Å². The van der Waals surface area contributed by atoms with E-state index >= 15 is 0 Å². The first-order chi connectivity index (χ1) is 14.1. The Hall–Kier alpha value is -3.11. The molecule has 3 aromatic carbocycles. The van der Waals surface area contributed by atoms with Gasteiger partial charge in [-0.1, -0.05) is 54.1 Å². The topological polar surface area (TPSA) is 49.4 Å². The summed E-state index contributed by atoms with van der Waals surface area (Å²) in [5.74, 6) is -0.0505. The van der Waals surface area contributed by atoms with Crippen molar-refractivity contribution in [3.8, 4) is 0 Å². The van der Waals surface area contributed by atoms with E-state index in [0.29, 0.717) is 17.0 Å². The lowest BCUT2D eigenvalue weighted by atomic mass is 9.98. The minimum Gasteiger partial charge on any atom is -0.341 e. The quantitative estimate of drug-likeness (QED) is 0.651. The lowest BCUT2D eigenvalue weighted by Crippen LogP contribution is -2.29. The molecular formula is C24H21ClN2O2. The first-order valence-electron chi connectivity index (χ1n) is 9.63. The van der Waals surface area contributed by atoms with Gasteiger partial charge >= 0.3 is 0 Å². The number of hydrogen-bond acceptors (Lipinski definition) is 2. The zero-order chi connectivity index (χ0) is 20.2. The molecule has 146 valence electrons. The van der Waals surface area contributed by atoms with Crippen LogP contribution in [0.1, 0.15) is 40.4 Å². The lowest BCUT2D eigenvalue weighted by molar-refractivity contribution is -0.117. The predicted molar refractivity (Wildman–Crippen MR) is 115 cm³/mol. The van der Waals surface area contributed by atoms with E-state index in [4.69, 9.17) is 11.6 Å². The molecule has 29 heavy (non-hydrogen) atoms. The number of carbonyl (C=O) groups is 2. The first kappa shape index (κ1) is 19.2. The molecule has 4 nitrogen and oxygen atoms in total. The maximum Gasteiger partial charge on any atom is 0.252 e. The average molecular weight is 405 g/mol. The molecule has 3 aromatic rings. The highest BCUT2D eigenvalue weighted by atomic mass is 35.5. The molecule has 1 aliphatic heterocycles. The molecule has 5 heteroatoms. The summed E-state index contributed by atoms with van der Waals surface area (Å²) in [7, 11) is 0. The van der Waals surface area contributed by atoms with Crippen LogP contribution >= 0.6 is 11.6 Å². The maximum atomic E-state index is 13.0. The summed E-state index contributed by atoms with van der Waals surface area (Å²) in [6.45, 7) is 0.731. The van der Waals surface area contributed by atoms with Gasteiger partial charge in [0.05, 0.1) is 6.04 Å². The number of rotatable bonds is 5. The molecular weight excluding hydrogens is 384 g/mol. The van der Waals surface area contributed by atoms with Crippen LogP contribution in [0.3, 0.4) is 0 Å². The van der Waals surface area contributed by atoms with E-state index in [0.717, 1.165) is 29.8 Å². The number of nitrogens with one attached hydrogen (secondary N) is 1. The molecule has 1 saturated heterocycles. The number of nitrogens with zero attached hydrogens (tertiary/aromatic N) is 1. The molecule has 1 N–H and O–H groups in total. The van der Waals surface area contributed by atoms with Crippen molar-refractivity contribution in [3.63, 3.8) is 0 Å². The fourth-order valence-corrected chi connectivity index (χ4v) is 3.82. The Bertz CT molecular complexity index is 1020. The van der Waals surface area contributed by atoms with Crippen molar-refractivity contribution in [2.45, 2.75) is 18.9 Å². The number of carbonyl (C=O) groups excluding carboxylic acids is 2. The van der Waals surface area contributed by atoms with Crippen molar-refractivity contribution >= 4 is 29.1 Å². The van der Waals surface area contributed by atoms with Crippen molar-refractivity contribution < 1.29 is 9.59 Å². The normalized spacial score (nSPS) is 14.7. The van der Waals surface area contributed by atoms with Gasteiger partial charge in [0.15, 0.2) is 0 Å². The highest BCUT2D eigenvalue weighted by Crippen LogP contribution is 2.26. The van der Waals surface area contributed by atoms with Gasteiger partial charge in [-0.25, -0.2) is 0 Å². The minimum atomic E-state index is -0.317. The standard InChI is InChI=1S/C24H21ClN2O2/c25-20-9-4-8-19(16-20)23(17-6-2-1-3-7-17)26-24(29)18-11-13-21(14-12-18)27-15-5-10-22(27)28/h1-4,6-9,11-14,16,23H,5,10,15H2,(H,26,29). The number of halogens is 1. The van der Waals surface area contributed by atoms with E-state index in [1.165, 1.54) is 0 Å². The molecule has 2 amide bonds. The second-order valence-electron chi connectivity index (χ2n) is 7.07. The van der Waals surface area contributed by atoms with Crippen LogP contribution in [0.2, 0.25) is 5.02 Å². The van der Waals surface area contributed by atoms with Crippen molar-refractivity contribution in [3.05, 3.63) is 101 Å². The van der Waals surface area contributed by atoms with E-state index in [1.54, 1.807) is 17.0 Å². The molecule has 0 aliphatic carbocycles. The van der Waals surface area contributed by atoms with Crippen LogP contribution in [-0.2, 0) is 4.79 Å². The molecule has 1 aliphatic rings. The zero-order valence-electron chi connectivity index (χ0n) is 15.8. The third kappa shape index (κ3) is 4.33. The van der Waals surface area contributed by atoms with Crippen LogP contribution < -0.4 is 10.2 Å². The molecule has 1 unspecified atom stereocenters. The van der Waals surface area contributed by atoms with Crippen LogP contribution in [0.25, 0.3) is 0 Å². The summed E-state index contributed by atoms with van der Waals surface area (Å²) in [5.41, 5.74) is 3.26. The Morgan fingerprint density at radius 1 is 0.931 bits per heavy atom. The van der Waals surface area contributed by atoms with Crippen LogP contribution in [0.4, 0.5) is 5.69 Å². The van der Waals surface area contributed by atoms with Crippen LogP contribution in [0, 0.1) is 0 Å². The number of benzene rings is 3. The summed E-state index contributed by atoms with van der Waals surface area (Å²) in [6.07, 6.45) is 1.46. The van der Waals surface area contributed by atoms with Crippen molar-refractivity contribution in [1.29, 1.82) is 0 Å². The van der Waals surface area contributed by atoms with Gasteiger partial charge in [-0.2, -0.15) is 0 Å². The molecule has 4 rings (SSSR count). The molecule has 1 atom stereocenters. The molecule has 0 radical (unpaired) electrons. The van der Waals surface area contributed by atoms with Crippen LogP contribution in [0.15, 0.2) is 78.9 Å². The number of amides is 2. The Labute approximate surface area is 175 Å². The van der Waals surface area contributed by atoms with Crippen LogP contribution in [0.5, 0.6) is 0 Å². The predicted octanol–water partition coefficient (Wildman–Crippen LogP) is 4.99. The third-order valence-corrected chi connectivity index (χ3v) is 5.34. The smallest absolute Gasteiger partial charge is 0.252 e. The molecule has 0 spiro atoms. The zero-order valence-corrected chi connectivity index (χ0v) is 16.6. The lowest BCUT2D eigenvalue weighted by Gasteiger charge is -2.21. The summed E-state index contributed by atoms with van der Waals surface area (Å²) in [6, 6.07) is 24.2. The Morgan fingerprint density at radius 3 is 2.31 bits per heavy atom. The van der Waals surface area contributed by atoms with Crippen molar-refractivity contribution in [1.82, 2.24) is 5.32 Å². The highest BCUT2D eigenvalue weighted by Gasteiger charge is 2.22. The van der Waals surface area contributed by atoms with Gasteiger partial charge in [0, 0.05) is 29.2 Å². The summed E-state index contributed by atoms with van der Waals surface area (Å²) in [4.78, 5) is 26.6. The fraction of sp³-hybridized carbons (Fsp3) is 0.167. The molecule has 1 heterocycles. The minimum absolute atomic E-state index is 0.132. The largest absolute Gasteiger partial charge is 0.341 e. The van der Waals surface area contributed by atoms with Gasteiger partial charge in [0.1, 0.15) is 0 Å². The molecule has 0 aromatic heterocycles. The summed E-state index contributed by atoms with van der Waals surface area (Å²) < 4.78 is 0. The fourth-order valence-electron chi connectivity index (χ4n) is 3.62. The summed E-state index contributed by atoms with van der Waals surface area (Å²) >= 11 is 6.18. The Kier molecular flexibility index (Phi) is 5.63. The van der Waals surface area contributed by atoms with Gasteiger partial charge in [0.2, 0.25) is 5.91 Å². The van der Waals surface area contributed by atoms with Gasteiger partial charge in [0.25, 0.3) is 5.91 Å². The number of hydrogen-bond donors (Lipinski definition) is 1. The van der Waals surface area contributed by atoms with Gasteiger partial charge < -0.3 is 10.2 Å². The molecule has 1 fully saturated rings. The van der Waals surface area contributed by atoms with E-state index in [-0.39, 0.29) is 17.9 Å². The Balaban J connectivity index is 1.57. The van der Waals surface area contributed by atoms with E-state index in [9.17, 15) is 9.59 Å². The second kappa shape index (κ2) is 8.50. The second-order valence-corrected chi connectivity index (χ2v) is 7.50. The monoisotopic (exact) mass is 404 g/mol. The summed E-state index contributed by atoms with van der Waals surface area (Å²) in [5, 5.41) is 3.74. The van der Waals surface area contributed by atoms with Crippen molar-refractivity contribution in [2.75, 3.05) is 11.4 Å². The van der Waals surface area contributed by atoms with Crippen LogP contribution in [-0.4, -0.2) is 18.4 Å². The van der Waals surface area contributed by atoms with E-state index in [1.807, 2.05) is 66.7 Å². The highest BCUT2D eigenvalue weighted by molar-refractivity contribution is 6.30. The molecule has 0 saturated carbocycles. The third-order valence-electron chi connectivity index (χ3n) is 5.10. The SMILES string of the molecule is O=C(NC(c1ccccc1)c1cccc(Cl)c1)c1ccc(N2CCCC2=O)cc1. The van der Waals surface area contributed by atoms with Crippen molar-refractivity contribution in [2.24, 2.45) is 0 Å². The Morgan fingerprint density at radius 2 is 1.66 bits per heavy atom. The average Bonchev–Trinajstić information content (AvgIpc) is 3.18.